The SMILES string of the molecule is CCCCn1c(-c2ccc(OCC)cc2)cnc1NCc1ccc(Br)cc1. The van der Waals surface area contributed by atoms with E-state index in [1.54, 1.807) is 0 Å². The van der Waals surface area contributed by atoms with Crippen molar-refractivity contribution in [3.05, 3.63) is 64.8 Å². The van der Waals surface area contributed by atoms with E-state index in [0.717, 1.165) is 53.4 Å². The molecule has 0 fully saturated rings. The molecule has 0 aliphatic rings. The Morgan fingerprint density at radius 2 is 1.78 bits per heavy atom. The number of nitrogens with one attached hydrogen (secondary N) is 1. The summed E-state index contributed by atoms with van der Waals surface area (Å²) in [6.45, 7) is 6.58. The maximum Gasteiger partial charge on any atom is 0.203 e. The van der Waals surface area contributed by atoms with Crippen LogP contribution in [-0.2, 0) is 13.1 Å². The third-order valence-corrected chi connectivity index (χ3v) is 4.94. The largest absolute Gasteiger partial charge is 0.494 e. The Morgan fingerprint density at radius 1 is 1.04 bits per heavy atom. The number of benzene rings is 2. The van der Waals surface area contributed by atoms with Gasteiger partial charge in [-0.3, -0.25) is 0 Å². The number of unbranched alkanes of at least 4 members (excludes halogenated alkanes) is 1. The van der Waals surface area contributed by atoms with Crippen LogP contribution >= 0.6 is 15.9 Å². The lowest BCUT2D eigenvalue weighted by molar-refractivity contribution is 0.340. The Balaban J connectivity index is 1.80. The monoisotopic (exact) mass is 427 g/mol. The van der Waals surface area contributed by atoms with Crippen molar-refractivity contribution in [2.24, 2.45) is 0 Å². The molecule has 27 heavy (non-hydrogen) atoms. The van der Waals surface area contributed by atoms with E-state index in [9.17, 15) is 0 Å². The topological polar surface area (TPSA) is 39.1 Å². The molecular formula is C22H26BrN3O. The Kier molecular flexibility index (Phi) is 6.93. The van der Waals surface area contributed by atoms with Gasteiger partial charge in [-0.25, -0.2) is 4.98 Å². The summed E-state index contributed by atoms with van der Waals surface area (Å²) in [6.07, 6.45) is 4.22. The Labute approximate surface area is 169 Å². The van der Waals surface area contributed by atoms with Gasteiger partial charge in [0, 0.05) is 23.1 Å². The second kappa shape index (κ2) is 9.60. The van der Waals surface area contributed by atoms with Gasteiger partial charge in [-0.1, -0.05) is 41.4 Å². The highest BCUT2D eigenvalue weighted by Gasteiger charge is 2.11. The maximum absolute atomic E-state index is 5.55. The molecule has 1 heterocycles. The van der Waals surface area contributed by atoms with Crippen molar-refractivity contribution in [1.82, 2.24) is 9.55 Å². The summed E-state index contributed by atoms with van der Waals surface area (Å²) in [5.41, 5.74) is 3.51. The van der Waals surface area contributed by atoms with E-state index in [1.807, 2.05) is 25.3 Å². The molecule has 4 nitrogen and oxygen atoms in total. The molecule has 0 atom stereocenters. The second-order valence-electron chi connectivity index (χ2n) is 6.41. The fraction of sp³-hybridized carbons (Fsp3) is 0.318. The van der Waals surface area contributed by atoms with Crippen LogP contribution < -0.4 is 10.1 Å². The van der Waals surface area contributed by atoms with Gasteiger partial charge in [0.25, 0.3) is 0 Å². The van der Waals surface area contributed by atoms with Crippen LogP contribution in [-0.4, -0.2) is 16.2 Å². The molecule has 0 bridgehead atoms. The molecule has 0 radical (unpaired) electrons. The van der Waals surface area contributed by atoms with Crippen molar-refractivity contribution in [2.75, 3.05) is 11.9 Å². The van der Waals surface area contributed by atoms with Crippen molar-refractivity contribution in [3.63, 3.8) is 0 Å². The lowest BCUT2D eigenvalue weighted by Crippen LogP contribution is -2.09. The maximum atomic E-state index is 5.55. The van der Waals surface area contributed by atoms with E-state index in [1.165, 1.54) is 5.56 Å². The van der Waals surface area contributed by atoms with Gasteiger partial charge in [-0.15, -0.1) is 0 Å². The molecule has 3 aromatic rings. The number of halogens is 1. The van der Waals surface area contributed by atoms with Gasteiger partial charge < -0.3 is 14.6 Å². The molecule has 0 unspecified atom stereocenters. The van der Waals surface area contributed by atoms with Crippen LogP contribution in [0.5, 0.6) is 5.75 Å². The number of imidazole rings is 1. The summed E-state index contributed by atoms with van der Waals surface area (Å²) in [7, 11) is 0. The number of hydrogen-bond donors (Lipinski definition) is 1. The summed E-state index contributed by atoms with van der Waals surface area (Å²) in [4.78, 5) is 4.65. The zero-order valence-corrected chi connectivity index (χ0v) is 17.5. The predicted molar refractivity (Wildman–Crippen MR) is 115 cm³/mol. The minimum Gasteiger partial charge on any atom is -0.494 e. The third-order valence-electron chi connectivity index (χ3n) is 4.42. The number of aromatic nitrogens is 2. The summed E-state index contributed by atoms with van der Waals surface area (Å²) in [6, 6.07) is 16.6. The van der Waals surface area contributed by atoms with Gasteiger partial charge in [0.2, 0.25) is 5.95 Å². The molecule has 0 spiro atoms. The van der Waals surface area contributed by atoms with Crippen molar-refractivity contribution in [2.45, 2.75) is 39.8 Å². The number of anilines is 1. The van der Waals surface area contributed by atoms with Crippen molar-refractivity contribution in [1.29, 1.82) is 0 Å². The van der Waals surface area contributed by atoms with Crippen LogP contribution in [0.15, 0.2) is 59.2 Å². The minimum atomic E-state index is 0.678. The number of rotatable bonds is 9. The first-order valence-electron chi connectivity index (χ1n) is 9.48. The summed E-state index contributed by atoms with van der Waals surface area (Å²) in [5.74, 6) is 1.81. The van der Waals surface area contributed by atoms with Crippen molar-refractivity contribution >= 4 is 21.9 Å². The standard InChI is InChI=1S/C22H26BrN3O/c1-3-5-14-26-21(18-8-12-20(13-9-18)27-4-2)16-25-22(26)24-15-17-6-10-19(23)11-7-17/h6-13,16H,3-5,14-15H2,1-2H3,(H,24,25). The van der Waals surface area contributed by atoms with Gasteiger partial charge in [-0.2, -0.15) is 0 Å². The van der Waals surface area contributed by atoms with E-state index in [0.29, 0.717) is 6.61 Å². The summed E-state index contributed by atoms with van der Waals surface area (Å²) >= 11 is 3.48. The van der Waals surface area contributed by atoms with Gasteiger partial charge in [0.1, 0.15) is 5.75 Å². The zero-order chi connectivity index (χ0) is 19.1. The molecule has 1 N–H and O–H groups in total. The van der Waals surface area contributed by atoms with Crippen molar-refractivity contribution < 1.29 is 4.74 Å². The van der Waals surface area contributed by atoms with E-state index in [-0.39, 0.29) is 0 Å². The molecule has 0 saturated carbocycles. The first-order valence-corrected chi connectivity index (χ1v) is 10.3. The van der Waals surface area contributed by atoms with Crippen LogP contribution in [0.4, 0.5) is 5.95 Å². The lowest BCUT2D eigenvalue weighted by atomic mass is 10.1. The molecule has 1 aromatic heterocycles. The normalized spacial score (nSPS) is 10.8. The van der Waals surface area contributed by atoms with Crippen LogP contribution in [0.25, 0.3) is 11.3 Å². The summed E-state index contributed by atoms with van der Waals surface area (Å²) in [5, 5.41) is 3.49. The van der Waals surface area contributed by atoms with E-state index in [2.05, 4.69) is 74.1 Å². The molecule has 3 rings (SSSR count). The average Bonchev–Trinajstić information content (AvgIpc) is 3.09. The van der Waals surface area contributed by atoms with Crippen molar-refractivity contribution in [3.8, 4) is 17.0 Å². The number of ether oxygens (including phenoxy) is 1. The van der Waals surface area contributed by atoms with Crippen LogP contribution in [0.1, 0.15) is 32.3 Å². The number of hydrogen-bond acceptors (Lipinski definition) is 3. The Bertz CT molecular complexity index is 841. The highest BCUT2D eigenvalue weighted by atomic mass is 79.9. The van der Waals surface area contributed by atoms with Crippen LogP contribution in [0, 0.1) is 0 Å². The van der Waals surface area contributed by atoms with Crippen LogP contribution in [0.2, 0.25) is 0 Å². The molecule has 5 heteroatoms. The third kappa shape index (κ3) is 5.13. The highest BCUT2D eigenvalue weighted by molar-refractivity contribution is 9.10. The molecule has 142 valence electrons. The molecule has 0 aliphatic heterocycles. The molecule has 2 aromatic carbocycles. The second-order valence-corrected chi connectivity index (χ2v) is 7.33. The first kappa shape index (κ1) is 19.5. The number of nitrogens with zero attached hydrogens (tertiary/aromatic N) is 2. The molecule has 0 saturated heterocycles. The van der Waals surface area contributed by atoms with Gasteiger partial charge in [0.05, 0.1) is 18.5 Å². The fourth-order valence-electron chi connectivity index (χ4n) is 2.96. The van der Waals surface area contributed by atoms with Crippen LogP contribution in [0.3, 0.4) is 0 Å². The molecular weight excluding hydrogens is 402 g/mol. The van der Waals surface area contributed by atoms with E-state index in [4.69, 9.17) is 4.74 Å². The molecule has 0 aliphatic carbocycles. The summed E-state index contributed by atoms with van der Waals surface area (Å²) < 4.78 is 8.92. The quantitative estimate of drug-likeness (QED) is 0.446. The smallest absolute Gasteiger partial charge is 0.203 e. The van der Waals surface area contributed by atoms with Gasteiger partial charge in [0.15, 0.2) is 0 Å². The fourth-order valence-corrected chi connectivity index (χ4v) is 3.23. The minimum absolute atomic E-state index is 0.678. The van der Waals surface area contributed by atoms with Gasteiger partial charge >= 0.3 is 0 Å². The Hall–Kier alpha value is -2.27. The highest BCUT2D eigenvalue weighted by Crippen LogP contribution is 2.26. The lowest BCUT2D eigenvalue weighted by Gasteiger charge is -2.13. The molecule has 0 amide bonds. The van der Waals surface area contributed by atoms with Gasteiger partial charge in [-0.05, 0) is 55.3 Å². The zero-order valence-electron chi connectivity index (χ0n) is 15.9. The average molecular weight is 428 g/mol. The van der Waals surface area contributed by atoms with E-state index >= 15 is 0 Å². The van der Waals surface area contributed by atoms with E-state index < -0.39 is 0 Å². The predicted octanol–water partition coefficient (Wildman–Crippen LogP) is 6.12. The Morgan fingerprint density at radius 3 is 2.44 bits per heavy atom. The first-order chi connectivity index (χ1) is 13.2.